The summed E-state index contributed by atoms with van der Waals surface area (Å²) in [4.78, 5) is 14.2. The molecule has 1 aliphatic rings. The van der Waals surface area contributed by atoms with E-state index < -0.39 is 6.10 Å². The quantitative estimate of drug-likeness (QED) is 0.895. The van der Waals surface area contributed by atoms with Crippen LogP contribution in [-0.4, -0.2) is 23.8 Å². The maximum Gasteiger partial charge on any atom is 0.322 e. The van der Waals surface area contributed by atoms with Crippen molar-refractivity contribution in [2.75, 3.05) is 11.4 Å². The second-order valence-electron chi connectivity index (χ2n) is 5.71. The molecule has 5 heteroatoms. The lowest BCUT2D eigenvalue weighted by Gasteiger charge is -2.23. The van der Waals surface area contributed by atoms with E-state index in [-0.39, 0.29) is 11.8 Å². The number of hydrogen-bond acceptors (Lipinski definition) is 2. The molecule has 0 saturated carbocycles. The molecule has 2 amide bonds. The van der Waals surface area contributed by atoms with Gasteiger partial charge >= 0.3 is 6.03 Å². The molecule has 2 aromatic rings. The number of rotatable bonds is 2. The van der Waals surface area contributed by atoms with Crippen LogP contribution < -0.4 is 10.2 Å². The number of halogens is 1. The van der Waals surface area contributed by atoms with Gasteiger partial charge in [-0.05, 0) is 35.7 Å². The van der Waals surface area contributed by atoms with Gasteiger partial charge in [0.1, 0.15) is 5.82 Å². The highest BCUT2D eigenvalue weighted by molar-refractivity contribution is 5.93. The number of benzene rings is 2. The van der Waals surface area contributed by atoms with Crippen molar-refractivity contribution in [3.8, 4) is 0 Å². The molecule has 2 aromatic carbocycles. The van der Waals surface area contributed by atoms with E-state index in [1.807, 2.05) is 24.3 Å². The highest BCUT2D eigenvalue weighted by Gasteiger charge is 2.24. The minimum Gasteiger partial charge on any atom is -0.393 e. The molecule has 0 radical (unpaired) electrons. The Morgan fingerprint density at radius 3 is 2.74 bits per heavy atom. The average Bonchev–Trinajstić information content (AvgIpc) is 2.72. The lowest BCUT2D eigenvalue weighted by Crippen LogP contribution is -2.40. The van der Waals surface area contributed by atoms with E-state index in [9.17, 15) is 14.3 Å². The number of para-hydroxylation sites is 1. The van der Waals surface area contributed by atoms with Crippen LogP contribution >= 0.6 is 0 Å². The Morgan fingerprint density at radius 1 is 1.22 bits per heavy atom. The van der Waals surface area contributed by atoms with E-state index >= 15 is 0 Å². The highest BCUT2D eigenvalue weighted by atomic mass is 19.1. The molecule has 0 fully saturated rings. The number of hydrogen-bond donors (Lipinski definition) is 2. The summed E-state index contributed by atoms with van der Waals surface area (Å²) in [6.45, 7) is 0.799. The molecule has 2 N–H and O–H groups in total. The summed E-state index contributed by atoms with van der Waals surface area (Å²) in [5.74, 6) is -0.296. The van der Waals surface area contributed by atoms with E-state index in [1.54, 1.807) is 17.0 Å². The third-order valence-electron chi connectivity index (χ3n) is 4.03. The van der Waals surface area contributed by atoms with Gasteiger partial charge in [-0.1, -0.05) is 30.3 Å². The SMILES string of the molecule is O=C(NCc1ccc(F)cc1)N1CCC(O)Cc2ccccc21. The molecular weight excluding hydrogens is 295 g/mol. The summed E-state index contributed by atoms with van der Waals surface area (Å²) >= 11 is 0. The van der Waals surface area contributed by atoms with Gasteiger partial charge in [-0.2, -0.15) is 0 Å². The second-order valence-corrected chi connectivity index (χ2v) is 5.71. The first-order valence-electron chi connectivity index (χ1n) is 7.69. The van der Waals surface area contributed by atoms with Gasteiger partial charge < -0.3 is 10.4 Å². The normalized spacial score (nSPS) is 17.3. The molecule has 0 bridgehead atoms. The van der Waals surface area contributed by atoms with Crippen molar-refractivity contribution in [3.05, 3.63) is 65.5 Å². The second kappa shape index (κ2) is 6.79. The Kier molecular flexibility index (Phi) is 4.57. The van der Waals surface area contributed by atoms with Crippen LogP contribution in [0, 0.1) is 5.82 Å². The largest absolute Gasteiger partial charge is 0.393 e. The molecule has 1 aliphatic heterocycles. The number of aliphatic hydroxyl groups excluding tert-OH is 1. The van der Waals surface area contributed by atoms with E-state index in [4.69, 9.17) is 0 Å². The molecule has 23 heavy (non-hydrogen) atoms. The van der Waals surface area contributed by atoms with Crippen molar-refractivity contribution in [1.29, 1.82) is 0 Å². The van der Waals surface area contributed by atoms with Crippen LogP contribution in [0.5, 0.6) is 0 Å². The Labute approximate surface area is 134 Å². The number of carbonyl (C=O) groups is 1. The summed E-state index contributed by atoms with van der Waals surface area (Å²) in [6.07, 6.45) is 0.655. The fraction of sp³-hybridized carbons (Fsp3) is 0.278. The number of urea groups is 1. The van der Waals surface area contributed by atoms with Crippen molar-refractivity contribution in [2.45, 2.75) is 25.5 Å². The summed E-state index contributed by atoms with van der Waals surface area (Å²) in [7, 11) is 0. The highest BCUT2D eigenvalue weighted by Crippen LogP contribution is 2.26. The zero-order valence-corrected chi connectivity index (χ0v) is 12.7. The molecule has 0 saturated heterocycles. The fourth-order valence-electron chi connectivity index (χ4n) is 2.79. The molecule has 4 nitrogen and oxygen atoms in total. The Balaban J connectivity index is 1.72. The van der Waals surface area contributed by atoms with Crippen LogP contribution in [0.1, 0.15) is 17.5 Å². The lowest BCUT2D eigenvalue weighted by atomic mass is 10.1. The molecule has 3 rings (SSSR count). The zero-order valence-electron chi connectivity index (χ0n) is 12.7. The molecule has 0 aliphatic carbocycles. The van der Waals surface area contributed by atoms with Crippen molar-refractivity contribution in [2.24, 2.45) is 0 Å². The van der Waals surface area contributed by atoms with Gasteiger partial charge in [0.05, 0.1) is 6.10 Å². The van der Waals surface area contributed by atoms with Crippen LogP contribution in [0.4, 0.5) is 14.9 Å². The Morgan fingerprint density at radius 2 is 1.96 bits per heavy atom. The van der Waals surface area contributed by atoms with Crippen LogP contribution in [0.2, 0.25) is 0 Å². The first kappa shape index (κ1) is 15.5. The minimum absolute atomic E-state index is 0.212. The maximum absolute atomic E-state index is 12.9. The summed E-state index contributed by atoms with van der Waals surface area (Å²) in [6, 6.07) is 13.5. The smallest absolute Gasteiger partial charge is 0.322 e. The number of anilines is 1. The van der Waals surface area contributed by atoms with E-state index in [0.717, 1.165) is 16.8 Å². The van der Waals surface area contributed by atoms with Gasteiger partial charge in [0.25, 0.3) is 0 Å². The lowest BCUT2D eigenvalue weighted by molar-refractivity contribution is 0.169. The predicted molar refractivity (Wildman–Crippen MR) is 86.8 cm³/mol. The molecule has 1 heterocycles. The predicted octanol–water partition coefficient (Wildman–Crippen LogP) is 2.85. The minimum atomic E-state index is -0.439. The molecule has 1 atom stereocenters. The molecule has 0 spiro atoms. The van der Waals surface area contributed by atoms with E-state index in [0.29, 0.717) is 25.9 Å². The van der Waals surface area contributed by atoms with Crippen molar-refractivity contribution < 1.29 is 14.3 Å². The standard InChI is InChI=1S/C18H19FN2O2/c19-15-7-5-13(6-8-15)12-20-18(23)21-10-9-16(22)11-14-3-1-2-4-17(14)21/h1-8,16,22H,9-12H2,(H,20,23). The molecular formula is C18H19FN2O2. The molecule has 1 unspecified atom stereocenters. The van der Waals surface area contributed by atoms with Crippen LogP contribution in [0.15, 0.2) is 48.5 Å². The summed E-state index contributed by atoms with van der Waals surface area (Å²) in [5, 5.41) is 12.8. The van der Waals surface area contributed by atoms with Crippen LogP contribution in [0.25, 0.3) is 0 Å². The van der Waals surface area contributed by atoms with Gasteiger partial charge in [0.2, 0.25) is 0 Å². The number of carbonyl (C=O) groups excluding carboxylic acids is 1. The number of nitrogens with one attached hydrogen (secondary N) is 1. The molecule has 0 aromatic heterocycles. The summed E-state index contributed by atoms with van der Waals surface area (Å²) < 4.78 is 12.9. The number of fused-ring (bicyclic) bond motifs is 1. The van der Waals surface area contributed by atoms with E-state index in [1.165, 1.54) is 12.1 Å². The van der Waals surface area contributed by atoms with Gasteiger partial charge in [0, 0.05) is 25.2 Å². The number of aliphatic hydroxyl groups is 1. The fourth-order valence-corrected chi connectivity index (χ4v) is 2.79. The van der Waals surface area contributed by atoms with Crippen LogP contribution in [-0.2, 0) is 13.0 Å². The first-order chi connectivity index (χ1) is 11.1. The number of nitrogens with zero attached hydrogens (tertiary/aromatic N) is 1. The summed E-state index contributed by atoms with van der Waals surface area (Å²) in [5.41, 5.74) is 2.64. The zero-order chi connectivity index (χ0) is 16.2. The van der Waals surface area contributed by atoms with Crippen molar-refractivity contribution in [1.82, 2.24) is 5.32 Å². The molecule has 120 valence electrons. The van der Waals surface area contributed by atoms with Crippen molar-refractivity contribution >= 4 is 11.7 Å². The van der Waals surface area contributed by atoms with E-state index in [2.05, 4.69) is 5.32 Å². The topological polar surface area (TPSA) is 52.6 Å². The van der Waals surface area contributed by atoms with Gasteiger partial charge in [-0.25, -0.2) is 9.18 Å². The third-order valence-corrected chi connectivity index (χ3v) is 4.03. The Hall–Kier alpha value is -2.40. The number of amides is 2. The van der Waals surface area contributed by atoms with Gasteiger partial charge in [-0.15, -0.1) is 0 Å². The van der Waals surface area contributed by atoms with Gasteiger partial charge in [0.15, 0.2) is 0 Å². The average molecular weight is 314 g/mol. The first-order valence-corrected chi connectivity index (χ1v) is 7.69. The Bertz CT molecular complexity index is 688. The van der Waals surface area contributed by atoms with Crippen LogP contribution in [0.3, 0.4) is 0 Å². The maximum atomic E-state index is 12.9. The van der Waals surface area contributed by atoms with Gasteiger partial charge in [-0.3, -0.25) is 4.90 Å². The van der Waals surface area contributed by atoms with Crippen molar-refractivity contribution in [3.63, 3.8) is 0 Å². The third kappa shape index (κ3) is 3.68. The monoisotopic (exact) mass is 314 g/mol.